The average Bonchev–Trinajstić information content (AvgIpc) is 3.24. The summed E-state index contributed by atoms with van der Waals surface area (Å²) in [4.78, 5) is 17.5. The molecule has 0 radical (unpaired) electrons. The molecule has 0 aromatic carbocycles. The lowest BCUT2D eigenvalue weighted by Gasteiger charge is -2.18. The smallest absolute Gasteiger partial charge is 0.324 e. The Morgan fingerprint density at radius 3 is 2.78 bits per heavy atom. The fourth-order valence-corrected chi connectivity index (χ4v) is 4.00. The van der Waals surface area contributed by atoms with Gasteiger partial charge in [-0.15, -0.1) is 10.2 Å². The summed E-state index contributed by atoms with van der Waals surface area (Å²) in [6, 6.07) is -0.470. The quantitative estimate of drug-likeness (QED) is 0.820. The summed E-state index contributed by atoms with van der Waals surface area (Å²) >= 11 is 1.35. The van der Waals surface area contributed by atoms with Crippen molar-refractivity contribution in [2.75, 3.05) is 12.4 Å². The van der Waals surface area contributed by atoms with Crippen molar-refractivity contribution in [1.29, 1.82) is 0 Å². The summed E-state index contributed by atoms with van der Waals surface area (Å²) in [5.74, 6) is 0.555. The zero-order chi connectivity index (χ0) is 19.4. The van der Waals surface area contributed by atoms with Crippen LogP contribution in [0.5, 0.6) is 0 Å². The Balaban J connectivity index is 1.57. The van der Waals surface area contributed by atoms with E-state index in [4.69, 9.17) is 0 Å². The summed E-state index contributed by atoms with van der Waals surface area (Å²) in [6.45, 7) is -1.19. The second-order valence-electron chi connectivity index (χ2n) is 6.65. The van der Waals surface area contributed by atoms with E-state index in [1.165, 1.54) is 54.9 Å². The summed E-state index contributed by atoms with van der Waals surface area (Å²) < 4.78 is 38.7. The van der Waals surface area contributed by atoms with Crippen LogP contribution in [0.3, 0.4) is 0 Å². The number of hydrogen-bond acceptors (Lipinski definition) is 5. The van der Waals surface area contributed by atoms with Crippen molar-refractivity contribution in [2.24, 2.45) is 0 Å². The van der Waals surface area contributed by atoms with Crippen LogP contribution in [0.15, 0.2) is 12.4 Å². The Labute approximate surface area is 158 Å². The van der Waals surface area contributed by atoms with Crippen LogP contribution in [0, 0.1) is 0 Å². The van der Waals surface area contributed by atoms with E-state index in [2.05, 4.69) is 20.5 Å². The number of carbonyl (C=O) groups excluding carboxylic acids is 1. The van der Waals surface area contributed by atoms with Gasteiger partial charge in [0, 0.05) is 25.4 Å². The summed E-state index contributed by atoms with van der Waals surface area (Å²) in [7, 11) is 1.49. The second kappa shape index (κ2) is 8.24. The van der Waals surface area contributed by atoms with Gasteiger partial charge in [0.05, 0.1) is 6.54 Å². The number of urea groups is 1. The second-order valence-corrected chi connectivity index (χ2v) is 7.66. The van der Waals surface area contributed by atoms with Gasteiger partial charge < -0.3 is 9.47 Å². The zero-order valence-electron chi connectivity index (χ0n) is 14.9. The number of nitrogens with one attached hydrogen (secondary N) is 1. The van der Waals surface area contributed by atoms with Crippen molar-refractivity contribution in [2.45, 2.75) is 57.3 Å². The van der Waals surface area contributed by atoms with E-state index in [0.717, 1.165) is 22.4 Å². The molecule has 2 aromatic heterocycles. The minimum atomic E-state index is -4.35. The normalized spacial score (nSPS) is 15.7. The fraction of sp³-hybridized carbons (Fsp3) is 0.625. The van der Waals surface area contributed by atoms with E-state index in [-0.39, 0.29) is 12.4 Å². The highest BCUT2D eigenvalue weighted by Crippen LogP contribution is 2.35. The van der Waals surface area contributed by atoms with Crippen LogP contribution in [-0.4, -0.2) is 43.9 Å². The number of aromatic nitrogens is 4. The largest absolute Gasteiger partial charge is 0.406 e. The van der Waals surface area contributed by atoms with E-state index in [0.29, 0.717) is 11.0 Å². The summed E-state index contributed by atoms with van der Waals surface area (Å²) in [6.07, 6.45) is 3.96. The molecule has 1 fully saturated rings. The molecule has 0 aliphatic heterocycles. The third kappa shape index (κ3) is 5.41. The summed E-state index contributed by atoms with van der Waals surface area (Å²) in [5, 5.41) is 12.2. The van der Waals surface area contributed by atoms with E-state index in [1.54, 1.807) is 0 Å². The van der Waals surface area contributed by atoms with E-state index in [9.17, 15) is 18.0 Å². The van der Waals surface area contributed by atoms with Crippen molar-refractivity contribution in [3.05, 3.63) is 23.2 Å². The minimum Gasteiger partial charge on any atom is -0.324 e. The van der Waals surface area contributed by atoms with Gasteiger partial charge in [0.25, 0.3) is 0 Å². The maximum Gasteiger partial charge on any atom is 0.406 e. The Morgan fingerprint density at radius 1 is 1.33 bits per heavy atom. The first-order chi connectivity index (χ1) is 12.8. The predicted molar refractivity (Wildman–Crippen MR) is 94.5 cm³/mol. The Hall–Kier alpha value is -2.17. The SMILES string of the molecule is CN(Cc1nccn1CC(F)(F)F)C(=O)Nc1nnc(C2CCCCC2)s1. The van der Waals surface area contributed by atoms with Gasteiger partial charge in [-0.05, 0) is 12.8 Å². The molecule has 0 saturated heterocycles. The lowest BCUT2D eigenvalue weighted by molar-refractivity contribution is -0.141. The van der Waals surface area contributed by atoms with E-state index in [1.807, 2.05) is 0 Å². The number of anilines is 1. The molecule has 1 aliphatic carbocycles. The molecule has 0 spiro atoms. The van der Waals surface area contributed by atoms with Crippen molar-refractivity contribution in [1.82, 2.24) is 24.6 Å². The maximum absolute atomic E-state index is 12.6. The molecule has 1 N–H and O–H groups in total. The van der Waals surface area contributed by atoms with Gasteiger partial charge in [0.1, 0.15) is 17.4 Å². The number of nitrogens with zero attached hydrogens (tertiary/aromatic N) is 5. The molecule has 11 heteroatoms. The van der Waals surface area contributed by atoms with Crippen molar-refractivity contribution in [3.63, 3.8) is 0 Å². The molecule has 148 valence electrons. The number of hydrogen-bond donors (Lipinski definition) is 1. The van der Waals surface area contributed by atoms with Crippen molar-refractivity contribution < 1.29 is 18.0 Å². The van der Waals surface area contributed by atoms with Crippen LogP contribution in [-0.2, 0) is 13.1 Å². The molecule has 2 heterocycles. The molecule has 1 saturated carbocycles. The van der Waals surface area contributed by atoms with Gasteiger partial charge in [0.2, 0.25) is 5.13 Å². The maximum atomic E-state index is 12.6. The molecule has 2 aromatic rings. The van der Waals surface area contributed by atoms with Crippen LogP contribution in [0.2, 0.25) is 0 Å². The van der Waals surface area contributed by atoms with Gasteiger partial charge in [-0.2, -0.15) is 13.2 Å². The summed E-state index contributed by atoms with van der Waals surface area (Å²) in [5.41, 5.74) is 0. The molecule has 1 aliphatic rings. The lowest BCUT2D eigenvalue weighted by atomic mass is 9.90. The van der Waals surface area contributed by atoms with Gasteiger partial charge in [-0.1, -0.05) is 30.6 Å². The molecular formula is C16H21F3N6OS. The van der Waals surface area contributed by atoms with Crippen LogP contribution in [0.1, 0.15) is 48.9 Å². The first-order valence-corrected chi connectivity index (χ1v) is 9.56. The number of rotatable bonds is 5. The highest BCUT2D eigenvalue weighted by atomic mass is 32.1. The predicted octanol–water partition coefficient (Wildman–Crippen LogP) is 4.01. The molecule has 0 bridgehead atoms. The number of halogens is 3. The fourth-order valence-electron chi connectivity index (χ4n) is 3.10. The first-order valence-electron chi connectivity index (χ1n) is 8.74. The minimum absolute atomic E-state index is 0.0524. The molecule has 7 nitrogen and oxygen atoms in total. The van der Waals surface area contributed by atoms with Crippen LogP contribution >= 0.6 is 11.3 Å². The highest BCUT2D eigenvalue weighted by Gasteiger charge is 2.29. The van der Waals surface area contributed by atoms with Gasteiger partial charge >= 0.3 is 12.2 Å². The molecule has 27 heavy (non-hydrogen) atoms. The number of imidazole rings is 1. The van der Waals surface area contributed by atoms with Gasteiger partial charge in [0.15, 0.2) is 0 Å². The molecule has 2 amide bonds. The van der Waals surface area contributed by atoms with Gasteiger partial charge in [-0.3, -0.25) is 5.32 Å². The molecular weight excluding hydrogens is 381 g/mol. The molecule has 0 unspecified atom stereocenters. The van der Waals surface area contributed by atoms with Crippen LogP contribution < -0.4 is 5.32 Å². The first kappa shape index (κ1) is 19.6. The Kier molecular flexibility index (Phi) is 5.98. The standard InChI is InChI=1S/C16H21F3N6OS/c1-24(9-12-20-7-8-25(12)10-16(17,18)19)15(26)21-14-23-22-13(27-14)11-5-3-2-4-6-11/h7-8,11H,2-6,9-10H2,1H3,(H,21,23,26). The highest BCUT2D eigenvalue weighted by molar-refractivity contribution is 7.15. The third-order valence-electron chi connectivity index (χ3n) is 4.49. The average molecular weight is 402 g/mol. The van der Waals surface area contributed by atoms with Crippen LogP contribution in [0.4, 0.5) is 23.1 Å². The zero-order valence-corrected chi connectivity index (χ0v) is 15.7. The van der Waals surface area contributed by atoms with Crippen molar-refractivity contribution in [3.8, 4) is 0 Å². The number of amides is 2. The van der Waals surface area contributed by atoms with E-state index < -0.39 is 18.8 Å². The monoisotopic (exact) mass is 402 g/mol. The number of carbonyl (C=O) groups is 1. The Morgan fingerprint density at radius 2 is 2.07 bits per heavy atom. The topological polar surface area (TPSA) is 75.9 Å². The third-order valence-corrected chi connectivity index (χ3v) is 5.49. The molecule has 3 rings (SSSR count). The van der Waals surface area contributed by atoms with Crippen molar-refractivity contribution >= 4 is 22.5 Å². The van der Waals surface area contributed by atoms with Crippen LogP contribution in [0.25, 0.3) is 0 Å². The molecule has 0 atom stereocenters. The Bertz CT molecular complexity index is 768. The lowest BCUT2D eigenvalue weighted by Crippen LogP contribution is -2.32. The van der Waals surface area contributed by atoms with Gasteiger partial charge in [-0.25, -0.2) is 9.78 Å². The van der Waals surface area contributed by atoms with E-state index >= 15 is 0 Å². The number of alkyl halides is 3.